The fourth-order valence-corrected chi connectivity index (χ4v) is 4.94. The molecule has 204 valence electrons. The fraction of sp³-hybridized carbons (Fsp3) is 0.276. The van der Waals surface area contributed by atoms with Crippen molar-refractivity contribution in [1.29, 1.82) is 0 Å². The third kappa shape index (κ3) is 6.60. The van der Waals surface area contributed by atoms with Gasteiger partial charge in [0.15, 0.2) is 0 Å². The number of nitrogens with one attached hydrogen (secondary N) is 2. The van der Waals surface area contributed by atoms with Gasteiger partial charge in [-0.2, -0.15) is 18.3 Å². The van der Waals surface area contributed by atoms with Crippen LogP contribution in [-0.2, 0) is 11.0 Å². The first-order chi connectivity index (χ1) is 18.6. The molecule has 6 nitrogen and oxygen atoms in total. The summed E-state index contributed by atoms with van der Waals surface area (Å²) in [7, 11) is 0. The van der Waals surface area contributed by atoms with Gasteiger partial charge in [0.05, 0.1) is 23.2 Å². The molecule has 0 bridgehead atoms. The van der Waals surface area contributed by atoms with E-state index in [2.05, 4.69) is 15.5 Å². The molecule has 10 heteroatoms. The van der Waals surface area contributed by atoms with Crippen molar-refractivity contribution >= 4 is 34.4 Å². The van der Waals surface area contributed by atoms with Crippen molar-refractivity contribution in [3.05, 3.63) is 99.7 Å². The molecule has 0 saturated heterocycles. The molecular weight excluding hydrogens is 531 g/mol. The lowest BCUT2D eigenvalue weighted by atomic mass is 9.76. The fourth-order valence-electron chi connectivity index (χ4n) is 4.82. The second-order valence-corrected chi connectivity index (χ2v) is 9.75. The lowest BCUT2D eigenvalue weighted by molar-refractivity contribution is -0.138. The summed E-state index contributed by atoms with van der Waals surface area (Å²) < 4.78 is 40.7. The summed E-state index contributed by atoms with van der Waals surface area (Å²) in [6, 6.07) is 17.7. The molecule has 1 heterocycles. The first kappa shape index (κ1) is 28.2. The van der Waals surface area contributed by atoms with E-state index in [0.29, 0.717) is 33.6 Å². The molecule has 2 unspecified atom stereocenters. The van der Waals surface area contributed by atoms with Crippen LogP contribution in [0.4, 0.5) is 13.2 Å². The highest BCUT2D eigenvalue weighted by Crippen LogP contribution is 2.44. The minimum Gasteiger partial charge on any atom is -0.481 e. The Morgan fingerprint density at radius 2 is 1.69 bits per heavy atom. The van der Waals surface area contributed by atoms with Crippen molar-refractivity contribution in [3.63, 3.8) is 0 Å². The normalized spacial score (nSPS) is 13.3. The predicted octanol–water partition coefficient (Wildman–Crippen LogP) is 7.16. The van der Waals surface area contributed by atoms with Gasteiger partial charge in [-0.1, -0.05) is 49.2 Å². The van der Waals surface area contributed by atoms with Crippen molar-refractivity contribution in [2.24, 2.45) is 0 Å². The molecule has 3 N–H and O–H groups in total. The first-order valence-corrected chi connectivity index (χ1v) is 12.9. The topological polar surface area (TPSA) is 95.1 Å². The number of fused-ring (bicyclic) bond motifs is 1. The smallest absolute Gasteiger partial charge is 0.416 e. The molecule has 0 aliphatic carbocycles. The summed E-state index contributed by atoms with van der Waals surface area (Å²) in [6.07, 6.45) is -3.18. The lowest BCUT2D eigenvalue weighted by Gasteiger charge is -2.28. The zero-order valence-electron chi connectivity index (χ0n) is 21.1. The second kappa shape index (κ2) is 11.9. The van der Waals surface area contributed by atoms with Gasteiger partial charge in [0.25, 0.3) is 5.91 Å². The van der Waals surface area contributed by atoms with E-state index in [9.17, 15) is 22.8 Å². The van der Waals surface area contributed by atoms with Crippen LogP contribution in [0.1, 0.15) is 70.8 Å². The largest absolute Gasteiger partial charge is 0.481 e. The highest BCUT2D eigenvalue weighted by molar-refractivity contribution is 6.30. The van der Waals surface area contributed by atoms with Gasteiger partial charge >= 0.3 is 12.1 Å². The number of nitrogens with zero attached hydrogens (tertiary/aromatic N) is 1. The van der Waals surface area contributed by atoms with E-state index in [1.807, 2.05) is 31.2 Å². The third-order valence-corrected chi connectivity index (χ3v) is 6.93. The Morgan fingerprint density at radius 1 is 1.03 bits per heavy atom. The molecule has 0 radical (unpaired) electrons. The highest BCUT2D eigenvalue weighted by atomic mass is 35.5. The molecule has 39 heavy (non-hydrogen) atoms. The molecule has 0 spiro atoms. The molecule has 0 aliphatic heterocycles. The van der Waals surface area contributed by atoms with E-state index in [1.165, 1.54) is 6.07 Å². The van der Waals surface area contributed by atoms with Gasteiger partial charge < -0.3 is 10.4 Å². The number of hydrogen-bond donors (Lipinski definition) is 3. The van der Waals surface area contributed by atoms with E-state index < -0.39 is 17.7 Å². The van der Waals surface area contributed by atoms with Gasteiger partial charge in [0.1, 0.15) is 0 Å². The van der Waals surface area contributed by atoms with Gasteiger partial charge in [0, 0.05) is 28.4 Å². The maximum atomic E-state index is 13.6. The number of benzene rings is 3. The third-order valence-electron chi connectivity index (χ3n) is 6.68. The number of carboxylic acids is 1. The molecular formula is C29H27ClF3N3O3. The predicted molar refractivity (Wildman–Crippen MR) is 143 cm³/mol. The number of aromatic nitrogens is 2. The highest BCUT2D eigenvalue weighted by Gasteiger charge is 2.33. The summed E-state index contributed by atoms with van der Waals surface area (Å²) in [6.45, 7) is 2.04. The van der Waals surface area contributed by atoms with Crippen molar-refractivity contribution in [2.45, 2.75) is 44.2 Å². The zero-order valence-corrected chi connectivity index (χ0v) is 21.8. The quantitative estimate of drug-likeness (QED) is 0.193. The number of H-pyrrole nitrogens is 1. The van der Waals surface area contributed by atoms with Crippen LogP contribution >= 0.6 is 11.6 Å². The van der Waals surface area contributed by atoms with Crippen LogP contribution in [0.3, 0.4) is 0 Å². The number of halogens is 4. The maximum absolute atomic E-state index is 13.6. The summed E-state index contributed by atoms with van der Waals surface area (Å²) in [5.41, 5.74) is 2.37. The zero-order chi connectivity index (χ0) is 28.2. The molecule has 2 atom stereocenters. The summed E-state index contributed by atoms with van der Waals surface area (Å²) >= 11 is 6.15. The van der Waals surface area contributed by atoms with Crippen molar-refractivity contribution in [2.75, 3.05) is 6.54 Å². The van der Waals surface area contributed by atoms with E-state index >= 15 is 0 Å². The SMILES string of the molecule is CCCC(c1ccc(C(=O)NCCC(=O)O)cc1)C(c1ccc(Cl)cc1)c1[nH]nc2ccc(C(F)(F)F)cc12. The molecule has 1 aromatic heterocycles. The number of carbonyl (C=O) groups excluding carboxylic acids is 1. The molecule has 0 saturated carbocycles. The van der Waals surface area contributed by atoms with Crippen molar-refractivity contribution < 1.29 is 27.9 Å². The number of alkyl halides is 3. The van der Waals surface area contributed by atoms with Crippen LogP contribution < -0.4 is 5.32 Å². The van der Waals surface area contributed by atoms with Crippen molar-refractivity contribution in [3.8, 4) is 0 Å². The lowest BCUT2D eigenvalue weighted by Crippen LogP contribution is -2.26. The summed E-state index contributed by atoms with van der Waals surface area (Å²) in [5, 5.41) is 19.6. The number of rotatable bonds is 10. The number of hydrogen-bond acceptors (Lipinski definition) is 3. The molecule has 0 aliphatic rings. The summed E-state index contributed by atoms with van der Waals surface area (Å²) in [5.74, 6) is -1.94. The van der Waals surface area contributed by atoms with Gasteiger partial charge in [-0.05, 0) is 65.9 Å². The molecule has 3 aromatic carbocycles. The maximum Gasteiger partial charge on any atom is 0.416 e. The van der Waals surface area contributed by atoms with Crippen LogP contribution in [-0.4, -0.2) is 33.7 Å². The van der Waals surface area contributed by atoms with Gasteiger partial charge in [-0.3, -0.25) is 14.7 Å². The van der Waals surface area contributed by atoms with Gasteiger partial charge in [0.2, 0.25) is 0 Å². The van der Waals surface area contributed by atoms with Gasteiger partial charge in [-0.25, -0.2) is 0 Å². The van der Waals surface area contributed by atoms with Crippen molar-refractivity contribution in [1.82, 2.24) is 15.5 Å². The van der Waals surface area contributed by atoms with E-state index in [1.54, 1.807) is 24.3 Å². The molecule has 0 fully saturated rings. The van der Waals surface area contributed by atoms with E-state index in [-0.39, 0.29) is 30.7 Å². The second-order valence-electron chi connectivity index (χ2n) is 9.31. The standard InChI is InChI=1S/C29H27ClF3N3O3/c1-2-3-22(17-4-6-19(7-5-17)28(39)34-15-14-25(37)38)26(18-8-11-21(30)12-9-18)27-23-16-20(29(31,32)33)10-13-24(23)35-36-27/h4-13,16,22,26H,2-3,14-15H2,1H3,(H,34,39)(H,35,36)(H,37,38). The number of aromatic amines is 1. The van der Waals surface area contributed by atoms with Crippen LogP contribution in [0.15, 0.2) is 66.7 Å². The number of aliphatic carboxylic acids is 1. The average Bonchev–Trinajstić information content (AvgIpc) is 3.32. The van der Waals surface area contributed by atoms with Gasteiger partial charge in [-0.15, -0.1) is 0 Å². The number of carboxylic acid groups (broad SMARTS) is 1. The first-order valence-electron chi connectivity index (χ1n) is 12.5. The number of amides is 1. The number of carbonyl (C=O) groups is 2. The Hall–Kier alpha value is -3.85. The van der Waals surface area contributed by atoms with Crippen LogP contribution in [0.5, 0.6) is 0 Å². The van der Waals surface area contributed by atoms with E-state index in [4.69, 9.17) is 16.7 Å². The molecule has 1 amide bonds. The van der Waals surface area contributed by atoms with Crippen LogP contribution in [0.25, 0.3) is 10.9 Å². The van der Waals surface area contributed by atoms with E-state index in [0.717, 1.165) is 29.7 Å². The monoisotopic (exact) mass is 557 g/mol. The Labute approximate surface area is 228 Å². The average molecular weight is 558 g/mol. The van der Waals surface area contributed by atoms with Crippen LogP contribution in [0.2, 0.25) is 5.02 Å². The molecule has 4 rings (SSSR count). The molecule has 4 aromatic rings. The minimum atomic E-state index is -4.50. The minimum absolute atomic E-state index is 0.0137. The summed E-state index contributed by atoms with van der Waals surface area (Å²) in [4.78, 5) is 23.2. The Kier molecular flexibility index (Phi) is 8.60. The van der Waals surface area contributed by atoms with Crippen LogP contribution in [0, 0.1) is 0 Å². The Balaban J connectivity index is 1.77. The Morgan fingerprint density at radius 3 is 2.31 bits per heavy atom. The Bertz CT molecular complexity index is 1450.